The molecule has 4 aromatic rings. The minimum absolute atomic E-state index is 0.0682. The van der Waals surface area contributed by atoms with Crippen molar-refractivity contribution in [1.29, 1.82) is 0 Å². The molecule has 176 valence electrons. The van der Waals surface area contributed by atoms with Gasteiger partial charge in [0.05, 0.1) is 17.6 Å². The minimum Gasteiger partial charge on any atom is -0.310 e. The third-order valence-corrected chi connectivity index (χ3v) is 6.55. The molecule has 1 aliphatic rings. The lowest BCUT2D eigenvalue weighted by Gasteiger charge is -2.21. The average molecular weight is 480 g/mol. The lowest BCUT2D eigenvalue weighted by molar-refractivity contribution is -0.116. The molecule has 0 atom stereocenters. The molecule has 0 aliphatic heterocycles. The van der Waals surface area contributed by atoms with Crippen molar-refractivity contribution in [1.82, 2.24) is 29.5 Å². The Hall–Kier alpha value is -3.46. The summed E-state index contributed by atoms with van der Waals surface area (Å²) < 4.78 is 3.02. The normalized spacial score (nSPS) is 14.5. The Balaban J connectivity index is 1.43. The van der Waals surface area contributed by atoms with Crippen LogP contribution in [0.4, 0.5) is 5.82 Å². The maximum Gasteiger partial charge on any atom is 0.263 e. The number of aromatic nitrogens is 6. The molecule has 5 rings (SSSR count). The van der Waals surface area contributed by atoms with Crippen molar-refractivity contribution in [2.75, 3.05) is 5.32 Å². The highest BCUT2D eigenvalue weighted by Crippen LogP contribution is 2.27. The third kappa shape index (κ3) is 4.61. The summed E-state index contributed by atoms with van der Waals surface area (Å²) in [5, 5.41) is 12.7. The molecule has 0 radical (unpaired) electrons. The molecule has 1 aromatic carbocycles. The lowest BCUT2D eigenvalue weighted by atomic mass is 9.86. The molecule has 3 aromatic heterocycles. The summed E-state index contributed by atoms with van der Waals surface area (Å²) in [5.74, 6) is 1.22. The Labute approximate surface area is 201 Å². The molecular weight excluding hydrogens is 454 g/mol. The van der Waals surface area contributed by atoms with Gasteiger partial charge in [-0.1, -0.05) is 43.7 Å². The Morgan fingerprint density at radius 3 is 2.71 bits per heavy atom. The number of carbonyl (C=O) groups excluding carboxylic acids is 1. The fourth-order valence-electron chi connectivity index (χ4n) is 4.54. The van der Waals surface area contributed by atoms with Crippen molar-refractivity contribution < 1.29 is 4.79 Å². The maximum atomic E-state index is 12.8. The van der Waals surface area contributed by atoms with E-state index in [1.807, 2.05) is 6.92 Å². The number of nitrogens with one attached hydrogen (secondary N) is 2. The zero-order chi connectivity index (χ0) is 23.7. The number of H-pyrrole nitrogens is 1. The van der Waals surface area contributed by atoms with Gasteiger partial charge in [-0.05, 0) is 43.5 Å². The fourth-order valence-corrected chi connectivity index (χ4v) is 4.67. The van der Waals surface area contributed by atoms with Gasteiger partial charge in [0.25, 0.3) is 5.56 Å². The molecule has 34 heavy (non-hydrogen) atoms. The van der Waals surface area contributed by atoms with E-state index in [0.717, 1.165) is 12.1 Å². The van der Waals surface area contributed by atoms with Crippen LogP contribution in [0.3, 0.4) is 0 Å². The van der Waals surface area contributed by atoms with Crippen LogP contribution in [0, 0.1) is 12.8 Å². The van der Waals surface area contributed by atoms with Gasteiger partial charge < -0.3 is 5.32 Å². The molecular formula is C24H26ClN7O2. The van der Waals surface area contributed by atoms with Crippen LogP contribution >= 0.6 is 11.6 Å². The standard InChI is InChI=1S/C24H26ClN7O2/c1-15-13-20(27-21(33)12-7-16-5-3-2-4-6-16)32(30-15)24-28-22-19(23(34)29-24)14-26-31(22)18-10-8-17(25)9-11-18/h8-11,13-14,16H,2-7,12H2,1H3,(H,27,33)(H,28,29,34). The summed E-state index contributed by atoms with van der Waals surface area (Å²) in [6.07, 6.45) is 9.04. The van der Waals surface area contributed by atoms with Crippen LogP contribution in [0.5, 0.6) is 0 Å². The topological polar surface area (TPSA) is 110 Å². The summed E-state index contributed by atoms with van der Waals surface area (Å²) in [6.45, 7) is 1.82. The van der Waals surface area contributed by atoms with Crippen LogP contribution in [-0.4, -0.2) is 35.4 Å². The molecule has 1 saturated carbocycles. The van der Waals surface area contributed by atoms with Gasteiger partial charge in [-0.3, -0.25) is 14.6 Å². The number of fused-ring (bicyclic) bond motifs is 1. The molecule has 1 fully saturated rings. The molecule has 1 aliphatic carbocycles. The van der Waals surface area contributed by atoms with Gasteiger partial charge in [0.2, 0.25) is 11.9 Å². The van der Waals surface area contributed by atoms with Crippen LogP contribution in [0.1, 0.15) is 50.6 Å². The predicted molar refractivity (Wildman–Crippen MR) is 131 cm³/mol. The van der Waals surface area contributed by atoms with Crippen LogP contribution in [0.15, 0.2) is 41.3 Å². The smallest absolute Gasteiger partial charge is 0.263 e. The number of carbonyl (C=O) groups is 1. The maximum absolute atomic E-state index is 12.8. The quantitative estimate of drug-likeness (QED) is 0.421. The van der Waals surface area contributed by atoms with Crippen LogP contribution in [0.25, 0.3) is 22.7 Å². The largest absolute Gasteiger partial charge is 0.310 e. The van der Waals surface area contributed by atoms with E-state index in [1.165, 1.54) is 43.0 Å². The SMILES string of the molecule is Cc1cc(NC(=O)CCC2CCCCC2)n(-c2nc3c(cnn3-c3ccc(Cl)cc3)c(=O)[nH]2)n1. The number of hydrogen-bond acceptors (Lipinski definition) is 5. The summed E-state index contributed by atoms with van der Waals surface area (Å²) in [5.41, 5.74) is 1.44. The zero-order valence-corrected chi connectivity index (χ0v) is 19.7. The van der Waals surface area contributed by atoms with Crippen LogP contribution in [0.2, 0.25) is 5.02 Å². The molecule has 0 saturated heterocycles. The number of amides is 1. The molecule has 3 heterocycles. The monoisotopic (exact) mass is 479 g/mol. The number of nitrogens with zero attached hydrogens (tertiary/aromatic N) is 5. The van der Waals surface area contributed by atoms with Crippen molar-refractivity contribution >= 4 is 34.4 Å². The number of benzene rings is 1. The highest BCUT2D eigenvalue weighted by Gasteiger charge is 2.18. The molecule has 10 heteroatoms. The van der Waals surface area contributed by atoms with Crippen molar-refractivity contribution in [2.45, 2.75) is 51.9 Å². The van der Waals surface area contributed by atoms with E-state index in [1.54, 1.807) is 35.0 Å². The number of rotatable bonds is 6. The van der Waals surface area contributed by atoms with Gasteiger partial charge in [0.15, 0.2) is 5.65 Å². The second-order valence-electron chi connectivity index (χ2n) is 8.83. The van der Waals surface area contributed by atoms with Gasteiger partial charge in [-0.25, -0.2) is 4.68 Å². The van der Waals surface area contributed by atoms with Crippen molar-refractivity contribution in [3.05, 3.63) is 57.6 Å². The second kappa shape index (κ2) is 9.42. The van der Waals surface area contributed by atoms with E-state index in [-0.39, 0.29) is 17.4 Å². The first-order valence-corrected chi connectivity index (χ1v) is 12.0. The first kappa shape index (κ1) is 22.3. The van der Waals surface area contributed by atoms with E-state index < -0.39 is 0 Å². The summed E-state index contributed by atoms with van der Waals surface area (Å²) >= 11 is 6.00. The van der Waals surface area contributed by atoms with Gasteiger partial charge in [0, 0.05) is 17.5 Å². The van der Waals surface area contributed by atoms with Gasteiger partial charge >= 0.3 is 0 Å². The lowest BCUT2D eigenvalue weighted by Crippen LogP contribution is -2.19. The highest BCUT2D eigenvalue weighted by molar-refractivity contribution is 6.30. The van der Waals surface area contributed by atoms with Gasteiger partial charge in [-0.2, -0.15) is 19.9 Å². The Morgan fingerprint density at radius 1 is 1.18 bits per heavy atom. The second-order valence-corrected chi connectivity index (χ2v) is 9.27. The third-order valence-electron chi connectivity index (χ3n) is 6.30. The minimum atomic E-state index is -0.344. The Morgan fingerprint density at radius 2 is 1.94 bits per heavy atom. The van der Waals surface area contributed by atoms with Crippen molar-refractivity contribution in [3.63, 3.8) is 0 Å². The Bertz CT molecular complexity index is 1380. The number of halogens is 1. The summed E-state index contributed by atoms with van der Waals surface area (Å²) in [6, 6.07) is 8.85. The van der Waals surface area contributed by atoms with Crippen molar-refractivity contribution in [3.8, 4) is 11.6 Å². The first-order chi connectivity index (χ1) is 16.5. The average Bonchev–Trinajstić information content (AvgIpc) is 3.42. The number of anilines is 1. The van der Waals surface area contributed by atoms with Gasteiger partial charge in [0.1, 0.15) is 11.2 Å². The summed E-state index contributed by atoms with van der Waals surface area (Å²) in [7, 11) is 0. The fraction of sp³-hybridized carbons (Fsp3) is 0.375. The number of hydrogen-bond donors (Lipinski definition) is 2. The van der Waals surface area contributed by atoms with E-state index in [2.05, 4.69) is 25.5 Å². The molecule has 0 unspecified atom stereocenters. The molecule has 0 spiro atoms. The van der Waals surface area contributed by atoms with Gasteiger partial charge in [-0.15, -0.1) is 0 Å². The highest BCUT2D eigenvalue weighted by atomic mass is 35.5. The number of aryl methyl sites for hydroxylation is 1. The predicted octanol–water partition coefficient (Wildman–Crippen LogP) is 4.56. The first-order valence-electron chi connectivity index (χ1n) is 11.6. The Kier molecular flexibility index (Phi) is 6.19. The van der Waals surface area contributed by atoms with Crippen molar-refractivity contribution in [2.24, 2.45) is 5.92 Å². The van der Waals surface area contributed by atoms with E-state index in [9.17, 15) is 9.59 Å². The van der Waals surface area contributed by atoms with E-state index >= 15 is 0 Å². The number of aromatic amines is 1. The van der Waals surface area contributed by atoms with Crippen LogP contribution in [-0.2, 0) is 4.79 Å². The molecule has 0 bridgehead atoms. The molecule has 9 nitrogen and oxygen atoms in total. The molecule has 1 amide bonds. The molecule has 2 N–H and O–H groups in total. The van der Waals surface area contributed by atoms with Crippen LogP contribution < -0.4 is 10.9 Å². The zero-order valence-electron chi connectivity index (χ0n) is 18.9. The summed E-state index contributed by atoms with van der Waals surface area (Å²) in [4.78, 5) is 32.9. The van der Waals surface area contributed by atoms with E-state index in [0.29, 0.717) is 39.9 Å². The van der Waals surface area contributed by atoms with E-state index in [4.69, 9.17) is 11.6 Å².